The van der Waals surface area contributed by atoms with E-state index in [0.29, 0.717) is 18.9 Å². The summed E-state index contributed by atoms with van der Waals surface area (Å²) in [5.74, 6) is 4.94. The fraction of sp³-hybridized carbons (Fsp3) is 0.462. The minimum atomic E-state index is -0.553. The molecule has 8 nitrogen and oxygen atoms in total. The molecule has 114 valence electrons. The first-order valence-electron chi connectivity index (χ1n) is 6.60. The molecule has 1 heterocycles. The van der Waals surface area contributed by atoms with Gasteiger partial charge in [0.25, 0.3) is 11.6 Å². The van der Waals surface area contributed by atoms with Crippen molar-refractivity contribution in [3.63, 3.8) is 0 Å². The Morgan fingerprint density at radius 1 is 1.52 bits per heavy atom. The van der Waals surface area contributed by atoms with Gasteiger partial charge in [0.15, 0.2) is 0 Å². The normalized spacial score (nSPS) is 21.6. The average molecular weight is 294 g/mol. The molecule has 0 saturated carbocycles. The highest BCUT2D eigenvalue weighted by atomic mass is 16.6. The summed E-state index contributed by atoms with van der Waals surface area (Å²) in [5, 5.41) is 13.7. The van der Waals surface area contributed by atoms with Crippen LogP contribution in [0, 0.1) is 10.1 Å². The molecule has 21 heavy (non-hydrogen) atoms. The van der Waals surface area contributed by atoms with Crippen molar-refractivity contribution in [3.05, 3.63) is 33.9 Å². The van der Waals surface area contributed by atoms with E-state index in [1.165, 1.54) is 18.2 Å². The highest BCUT2D eigenvalue weighted by Crippen LogP contribution is 2.24. The molecule has 0 aromatic heterocycles. The van der Waals surface area contributed by atoms with Gasteiger partial charge in [-0.15, -0.1) is 0 Å². The number of nitro groups is 1. The third kappa shape index (κ3) is 3.47. The van der Waals surface area contributed by atoms with E-state index in [0.717, 1.165) is 12.8 Å². The number of hydrazine groups is 1. The summed E-state index contributed by atoms with van der Waals surface area (Å²) in [6.45, 7) is 2.98. The van der Waals surface area contributed by atoms with E-state index in [9.17, 15) is 14.9 Å². The molecule has 1 aromatic carbocycles. The van der Waals surface area contributed by atoms with Crippen LogP contribution in [-0.2, 0) is 4.74 Å². The van der Waals surface area contributed by atoms with Gasteiger partial charge in [-0.1, -0.05) is 0 Å². The van der Waals surface area contributed by atoms with Gasteiger partial charge in [-0.3, -0.25) is 20.8 Å². The van der Waals surface area contributed by atoms with Crippen LogP contribution in [0.1, 0.15) is 30.1 Å². The van der Waals surface area contributed by atoms with E-state index in [2.05, 4.69) is 10.7 Å². The van der Waals surface area contributed by atoms with Gasteiger partial charge in [0.05, 0.1) is 28.3 Å². The van der Waals surface area contributed by atoms with Crippen LogP contribution >= 0.6 is 0 Å². The van der Waals surface area contributed by atoms with Crippen LogP contribution in [-0.4, -0.2) is 29.6 Å². The summed E-state index contributed by atoms with van der Waals surface area (Å²) < 4.78 is 5.38. The minimum Gasteiger partial charge on any atom is -0.379 e. The Bertz CT molecular complexity index is 555. The highest BCUT2D eigenvalue weighted by molar-refractivity contribution is 6.00. The molecule has 1 unspecified atom stereocenters. The van der Waals surface area contributed by atoms with Gasteiger partial charge in [-0.2, -0.15) is 0 Å². The van der Waals surface area contributed by atoms with E-state index < -0.39 is 16.4 Å². The molecule has 1 amide bonds. The lowest BCUT2D eigenvalue weighted by Gasteiger charge is -2.34. The third-order valence-electron chi connectivity index (χ3n) is 3.47. The number of nitrogens with two attached hydrogens (primary N) is 1. The molecule has 1 aromatic rings. The lowest BCUT2D eigenvalue weighted by Crippen LogP contribution is -2.51. The second-order valence-corrected chi connectivity index (χ2v) is 5.30. The molecule has 1 fully saturated rings. The monoisotopic (exact) mass is 294 g/mol. The van der Waals surface area contributed by atoms with Gasteiger partial charge in [-0.05, 0) is 25.8 Å². The molecule has 1 aliphatic rings. The zero-order valence-corrected chi connectivity index (χ0v) is 11.7. The summed E-state index contributed by atoms with van der Waals surface area (Å²) >= 11 is 0. The van der Waals surface area contributed by atoms with Crippen LogP contribution in [0.15, 0.2) is 18.2 Å². The van der Waals surface area contributed by atoms with Crippen molar-refractivity contribution in [2.24, 2.45) is 5.84 Å². The van der Waals surface area contributed by atoms with Crippen LogP contribution in [0.4, 0.5) is 11.4 Å². The predicted molar refractivity (Wildman–Crippen MR) is 76.8 cm³/mol. The molecule has 8 heteroatoms. The summed E-state index contributed by atoms with van der Waals surface area (Å²) in [6, 6.07) is 3.90. The molecule has 0 aliphatic carbocycles. The zero-order chi connectivity index (χ0) is 15.5. The summed E-state index contributed by atoms with van der Waals surface area (Å²) in [6.07, 6.45) is 1.65. The van der Waals surface area contributed by atoms with Gasteiger partial charge in [-0.25, -0.2) is 0 Å². The number of carbonyl (C=O) groups is 1. The average Bonchev–Trinajstić information content (AvgIpc) is 2.46. The first-order chi connectivity index (χ1) is 9.95. The van der Waals surface area contributed by atoms with Crippen molar-refractivity contribution in [2.75, 3.05) is 18.6 Å². The molecule has 4 N–H and O–H groups in total. The van der Waals surface area contributed by atoms with E-state index >= 15 is 0 Å². The first-order valence-corrected chi connectivity index (χ1v) is 6.60. The van der Waals surface area contributed by atoms with E-state index in [-0.39, 0.29) is 11.3 Å². The molecule has 2 rings (SSSR count). The molecule has 0 spiro atoms. The number of anilines is 1. The maximum Gasteiger partial charge on any atom is 0.270 e. The smallest absolute Gasteiger partial charge is 0.270 e. The van der Waals surface area contributed by atoms with Gasteiger partial charge < -0.3 is 15.5 Å². The Morgan fingerprint density at radius 2 is 2.29 bits per heavy atom. The molecule has 1 aliphatic heterocycles. The molecule has 1 atom stereocenters. The largest absolute Gasteiger partial charge is 0.379 e. The van der Waals surface area contributed by atoms with Crippen LogP contribution in [0.5, 0.6) is 0 Å². The molecule has 0 radical (unpaired) electrons. The van der Waals surface area contributed by atoms with Gasteiger partial charge in [0.2, 0.25) is 0 Å². The Balaban J connectivity index is 2.24. The first kappa shape index (κ1) is 15.2. The summed E-state index contributed by atoms with van der Waals surface area (Å²) in [5.41, 5.74) is 2.20. The molecule has 0 bridgehead atoms. The van der Waals surface area contributed by atoms with Crippen LogP contribution < -0.4 is 16.6 Å². The second-order valence-electron chi connectivity index (χ2n) is 5.30. The highest BCUT2D eigenvalue weighted by Gasteiger charge is 2.30. The number of carbonyl (C=O) groups excluding carboxylic acids is 1. The quantitative estimate of drug-likeness (QED) is 0.436. The Labute approximate surface area is 121 Å². The second kappa shape index (κ2) is 6.06. The number of hydrogen-bond donors (Lipinski definition) is 3. The number of rotatable bonds is 4. The number of nitrogens with zero attached hydrogens (tertiary/aromatic N) is 1. The number of benzene rings is 1. The fourth-order valence-corrected chi connectivity index (χ4v) is 2.33. The number of nitrogen functional groups attached to an aromatic ring is 1. The van der Waals surface area contributed by atoms with Crippen molar-refractivity contribution >= 4 is 17.3 Å². The standard InChI is InChI=1S/C13H18N4O4/c1-13(5-2-6-21-8-13)15-12(18)10-7-9(17(19)20)3-4-11(10)16-14/h3-4,7,16H,2,5-6,8,14H2,1H3,(H,15,18). The maximum atomic E-state index is 12.4. The molecular formula is C13H18N4O4. The lowest BCUT2D eigenvalue weighted by molar-refractivity contribution is -0.384. The van der Waals surface area contributed by atoms with E-state index in [1.54, 1.807) is 0 Å². The van der Waals surface area contributed by atoms with Crippen molar-refractivity contribution in [1.29, 1.82) is 0 Å². The SMILES string of the molecule is CC1(NC(=O)c2cc([N+](=O)[O-])ccc2NN)CCCOC1. The number of amides is 1. The Kier molecular flexibility index (Phi) is 4.39. The molecule has 1 saturated heterocycles. The van der Waals surface area contributed by atoms with Crippen molar-refractivity contribution in [1.82, 2.24) is 5.32 Å². The number of hydrogen-bond acceptors (Lipinski definition) is 6. The maximum absolute atomic E-state index is 12.4. The van der Waals surface area contributed by atoms with E-state index in [1.807, 2.05) is 6.92 Å². The number of nitro benzene ring substituents is 1. The topological polar surface area (TPSA) is 120 Å². The van der Waals surface area contributed by atoms with Crippen LogP contribution in [0.3, 0.4) is 0 Å². The number of nitrogens with one attached hydrogen (secondary N) is 2. The Morgan fingerprint density at radius 3 is 2.86 bits per heavy atom. The van der Waals surface area contributed by atoms with E-state index in [4.69, 9.17) is 10.6 Å². The van der Waals surface area contributed by atoms with Gasteiger partial charge in [0, 0.05) is 18.7 Å². The lowest BCUT2D eigenvalue weighted by atomic mass is 9.94. The summed E-state index contributed by atoms with van der Waals surface area (Å²) in [7, 11) is 0. The van der Waals surface area contributed by atoms with Crippen molar-refractivity contribution in [3.8, 4) is 0 Å². The Hall–Kier alpha value is -2.19. The fourth-order valence-electron chi connectivity index (χ4n) is 2.33. The minimum absolute atomic E-state index is 0.137. The third-order valence-corrected chi connectivity index (χ3v) is 3.47. The van der Waals surface area contributed by atoms with Crippen LogP contribution in [0.2, 0.25) is 0 Å². The molecular weight excluding hydrogens is 276 g/mol. The van der Waals surface area contributed by atoms with Gasteiger partial charge in [0.1, 0.15) is 0 Å². The van der Waals surface area contributed by atoms with Crippen molar-refractivity contribution in [2.45, 2.75) is 25.3 Å². The number of ether oxygens (including phenoxy) is 1. The predicted octanol–water partition coefficient (Wildman–Crippen LogP) is 1.18. The summed E-state index contributed by atoms with van der Waals surface area (Å²) in [4.78, 5) is 22.7. The zero-order valence-electron chi connectivity index (χ0n) is 11.7. The van der Waals surface area contributed by atoms with Gasteiger partial charge >= 0.3 is 0 Å². The number of non-ortho nitro benzene ring substituents is 1. The van der Waals surface area contributed by atoms with Crippen LogP contribution in [0.25, 0.3) is 0 Å². The van der Waals surface area contributed by atoms with Crippen molar-refractivity contribution < 1.29 is 14.5 Å².